The number of hydrogen-bond acceptors (Lipinski definition) is 4. The smallest absolute Gasteiger partial charge is 0.161 e. The largest absolute Gasteiger partial charge is 0.456 e. The Morgan fingerprint density at radius 2 is 1.20 bits per heavy atom. The molecule has 0 fully saturated rings. The number of benzene rings is 7. The quantitative estimate of drug-likeness (QED) is 0.195. The Morgan fingerprint density at radius 1 is 0.522 bits per heavy atom. The highest BCUT2D eigenvalue weighted by molar-refractivity contribution is 7.26. The van der Waals surface area contributed by atoms with Crippen molar-refractivity contribution in [3.05, 3.63) is 145 Å². The molecule has 0 unspecified atom stereocenters. The summed E-state index contributed by atoms with van der Waals surface area (Å²) >= 11 is 0.710. The Bertz CT molecular complexity index is 4190. The van der Waals surface area contributed by atoms with Crippen LogP contribution in [0, 0.1) is 0 Å². The number of furan rings is 1. The molecule has 0 bridgehead atoms. The first kappa shape index (κ1) is 11.5. The molecular weight excluding hydrogens is 581 g/mol. The molecule has 0 aliphatic carbocycles. The minimum absolute atomic E-state index is 0.0884. The summed E-state index contributed by atoms with van der Waals surface area (Å²) in [6.07, 6.45) is 0. The van der Waals surface area contributed by atoms with Crippen molar-refractivity contribution in [2.75, 3.05) is 0 Å². The van der Waals surface area contributed by atoms with E-state index in [1.807, 2.05) is 0 Å². The highest BCUT2D eigenvalue weighted by Gasteiger charge is 2.20. The molecule has 4 heteroatoms. The van der Waals surface area contributed by atoms with E-state index in [0.717, 1.165) is 0 Å². The summed E-state index contributed by atoms with van der Waals surface area (Å²) in [4.78, 5) is 9.33. The molecular formula is C42H24N2OS. The zero-order chi connectivity index (χ0) is 51.1. The molecule has 0 amide bonds. The normalized spacial score (nSPS) is 19.2. The molecule has 0 atom stereocenters. The molecule has 3 heterocycles. The molecule has 0 aliphatic rings. The lowest BCUT2D eigenvalue weighted by Gasteiger charge is -2.09. The van der Waals surface area contributed by atoms with Crippen LogP contribution in [0.3, 0.4) is 0 Å². The van der Waals surface area contributed by atoms with Gasteiger partial charge in [0.05, 0.1) is 48.8 Å². The van der Waals surface area contributed by atoms with E-state index in [1.54, 1.807) is 0 Å². The SMILES string of the molecule is [2H]c1c([2H])c(-c2nc(-c3c([2H])c([2H])c4c([2H])c([2H])c([2H])c([2H])c4c3[2H])c3sc4c([2H])c([2H])c([2H])c([2H])c4c3n2)c2c(oc3c([2H])c(-c4c([2H])c([2H])c5c([2H])c([2H])c([2H])c([2H])c5c4[2H])c([2H])c([2H])c32)c1[2H]. The van der Waals surface area contributed by atoms with Crippen molar-refractivity contribution < 1.29 is 37.3 Å². The van der Waals surface area contributed by atoms with Gasteiger partial charge < -0.3 is 4.42 Å². The average Bonchev–Trinajstić information content (AvgIpc) is 3.92. The van der Waals surface area contributed by atoms with E-state index in [2.05, 4.69) is 9.97 Å². The fraction of sp³-hybridized carbons (Fsp3) is 0. The van der Waals surface area contributed by atoms with Gasteiger partial charge in [-0.05, 0) is 68.9 Å². The van der Waals surface area contributed by atoms with E-state index < -0.39 is 222 Å². The maximum absolute atomic E-state index is 9.40. The van der Waals surface area contributed by atoms with Gasteiger partial charge >= 0.3 is 0 Å². The minimum Gasteiger partial charge on any atom is -0.456 e. The van der Waals surface area contributed by atoms with Gasteiger partial charge in [0.1, 0.15) is 11.2 Å². The molecule has 10 aromatic rings. The van der Waals surface area contributed by atoms with Gasteiger partial charge in [0.2, 0.25) is 0 Å². The minimum atomic E-state index is -0.876. The Labute approximate surface area is 301 Å². The molecule has 3 nitrogen and oxygen atoms in total. The van der Waals surface area contributed by atoms with Crippen molar-refractivity contribution in [1.82, 2.24) is 9.97 Å². The molecule has 0 radical (unpaired) electrons. The molecule has 0 N–H and O–H groups in total. The second-order valence-corrected chi connectivity index (χ2v) is 10.9. The van der Waals surface area contributed by atoms with Gasteiger partial charge in [-0.15, -0.1) is 11.3 Å². The molecule has 0 saturated heterocycles. The monoisotopic (exact) mass is 628 g/mol. The number of nitrogens with zero attached hydrogens (tertiary/aromatic N) is 2. The van der Waals surface area contributed by atoms with Crippen LogP contribution in [-0.4, -0.2) is 9.97 Å². The van der Waals surface area contributed by atoms with Crippen LogP contribution in [0.5, 0.6) is 0 Å². The summed E-state index contributed by atoms with van der Waals surface area (Å²) < 4.78 is 217. The first-order valence-electron chi connectivity index (χ1n) is 25.5. The van der Waals surface area contributed by atoms with Crippen LogP contribution in [0.1, 0.15) is 32.9 Å². The number of aromatic nitrogens is 2. The highest BCUT2D eigenvalue weighted by atomic mass is 32.1. The van der Waals surface area contributed by atoms with Crippen molar-refractivity contribution in [3.63, 3.8) is 0 Å². The summed E-state index contributed by atoms with van der Waals surface area (Å²) in [5.41, 5.74) is -4.22. The van der Waals surface area contributed by atoms with Gasteiger partial charge in [-0.2, -0.15) is 0 Å². The Hall–Kier alpha value is -5.84. The molecule has 10 rings (SSSR count). The van der Waals surface area contributed by atoms with E-state index in [4.69, 9.17) is 29.1 Å². The van der Waals surface area contributed by atoms with E-state index >= 15 is 0 Å². The Kier molecular flexibility index (Phi) is 2.46. The molecule has 3 aromatic heterocycles. The van der Waals surface area contributed by atoms with Gasteiger partial charge in [-0.3, -0.25) is 0 Å². The van der Waals surface area contributed by atoms with Gasteiger partial charge in [0.15, 0.2) is 5.82 Å². The van der Waals surface area contributed by atoms with Crippen LogP contribution in [0.2, 0.25) is 0 Å². The summed E-state index contributed by atoms with van der Waals surface area (Å²) in [6, 6.07) is -17.9. The van der Waals surface area contributed by atoms with Crippen LogP contribution >= 0.6 is 11.3 Å². The Balaban J connectivity index is 1.38. The summed E-state index contributed by atoms with van der Waals surface area (Å²) in [5.74, 6) is -0.618. The van der Waals surface area contributed by atoms with Gasteiger partial charge in [0, 0.05) is 32.0 Å². The zero-order valence-corrected chi connectivity index (χ0v) is 23.5. The maximum Gasteiger partial charge on any atom is 0.161 e. The van der Waals surface area contributed by atoms with Crippen molar-refractivity contribution in [3.8, 4) is 33.8 Å². The molecule has 214 valence electrons. The Morgan fingerprint density at radius 3 is 2.02 bits per heavy atom. The predicted octanol–water partition coefficient (Wildman–Crippen LogP) is 12.1. The second-order valence-electron chi connectivity index (χ2n) is 9.89. The first-order valence-corrected chi connectivity index (χ1v) is 14.3. The van der Waals surface area contributed by atoms with Crippen LogP contribution in [0.4, 0.5) is 0 Å². The summed E-state index contributed by atoms with van der Waals surface area (Å²) in [6.45, 7) is 0. The third-order valence-electron chi connectivity index (χ3n) is 7.24. The highest BCUT2D eigenvalue weighted by Crippen LogP contribution is 2.42. The standard InChI is InChI=1S/C42H24N2OS/c1-3-10-27-22-29(18-16-25(27)8-1)30-20-21-32-36(24-30)45-35-14-7-13-34(38(32)35)42-43-39(31-19-17-26-9-2-4-11-28(26)23-31)41-40(44-42)33-12-5-6-15-37(33)46-41/h1-24H/i1D,2D,3D,4D,5D,6D,7D,8D,9D,10D,11D,12D,13D,14D,15D,16D,17D,18D,19D,20D,21D,22D,23D,24D. The topological polar surface area (TPSA) is 38.9 Å². The molecule has 46 heavy (non-hydrogen) atoms. The summed E-state index contributed by atoms with van der Waals surface area (Å²) in [7, 11) is 0. The number of thiophene rings is 1. The average molecular weight is 629 g/mol. The lowest BCUT2D eigenvalue weighted by Crippen LogP contribution is -1.94. The van der Waals surface area contributed by atoms with E-state index in [9.17, 15) is 8.22 Å². The predicted molar refractivity (Wildman–Crippen MR) is 194 cm³/mol. The van der Waals surface area contributed by atoms with Crippen LogP contribution in [-0.2, 0) is 0 Å². The number of fused-ring (bicyclic) bond motifs is 8. The van der Waals surface area contributed by atoms with Crippen molar-refractivity contribution in [1.29, 1.82) is 0 Å². The lowest BCUT2D eigenvalue weighted by molar-refractivity contribution is 0.669. The van der Waals surface area contributed by atoms with Crippen molar-refractivity contribution >= 4 is 75.1 Å². The zero-order valence-electron chi connectivity index (χ0n) is 46.7. The van der Waals surface area contributed by atoms with Crippen molar-refractivity contribution in [2.24, 2.45) is 0 Å². The first-order chi connectivity index (χ1) is 32.8. The van der Waals surface area contributed by atoms with Gasteiger partial charge in [0.25, 0.3) is 0 Å². The van der Waals surface area contributed by atoms with Gasteiger partial charge in [-0.25, -0.2) is 9.97 Å². The van der Waals surface area contributed by atoms with E-state index in [1.165, 1.54) is 0 Å². The molecule has 7 aromatic carbocycles. The van der Waals surface area contributed by atoms with E-state index in [0.29, 0.717) is 11.3 Å². The van der Waals surface area contributed by atoms with Crippen LogP contribution in [0.25, 0.3) is 97.6 Å². The maximum atomic E-state index is 9.40. The fourth-order valence-corrected chi connectivity index (χ4v) is 6.24. The van der Waals surface area contributed by atoms with Crippen LogP contribution in [0.15, 0.2) is 149 Å². The molecule has 0 spiro atoms. The van der Waals surface area contributed by atoms with Gasteiger partial charge in [-0.1, -0.05) is 109 Å². The third-order valence-corrected chi connectivity index (χ3v) is 8.34. The number of rotatable bonds is 3. The van der Waals surface area contributed by atoms with Crippen LogP contribution < -0.4 is 0 Å². The fourth-order valence-electron chi connectivity index (χ4n) is 5.19. The van der Waals surface area contributed by atoms with Crippen molar-refractivity contribution in [2.45, 2.75) is 0 Å². The summed E-state index contributed by atoms with van der Waals surface area (Å²) in [5, 5.41) is -2.99. The molecule has 0 saturated carbocycles. The van der Waals surface area contributed by atoms with E-state index in [-0.39, 0.29) is 20.3 Å². The number of hydrogen-bond donors (Lipinski definition) is 0. The second kappa shape index (κ2) is 9.83. The molecule has 0 aliphatic heterocycles. The lowest BCUT2D eigenvalue weighted by atomic mass is 9.99. The third kappa shape index (κ3) is 3.91.